The monoisotopic (exact) mass is 320 g/mol. The minimum absolute atomic E-state index is 0.111. The van der Waals surface area contributed by atoms with E-state index in [1.807, 2.05) is 45.0 Å². The Balaban J connectivity index is 1.99. The number of carbonyl (C=O) groups is 1. The van der Waals surface area contributed by atoms with Gasteiger partial charge < -0.3 is 10.1 Å². The molecule has 7 heteroatoms. The number of aromatic nitrogens is 3. The SMILES string of the molecule is CCOc1ccccc1NC(=O)[C@@H](C)Sc1n[nH]c(CC)n1. The molecule has 22 heavy (non-hydrogen) atoms. The van der Waals surface area contributed by atoms with Crippen LogP contribution in [0.5, 0.6) is 5.75 Å². The summed E-state index contributed by atoms with van der Waals surface area (Å²) in [6.07, 6.45) is 0.788. The van der Waals surface area contributed by atoms with Crippen LogP contribution in [-0.4, -0.2) is 32.9 Å². The third kappa shape index (κ3) is 4.24. The van der Waals surface area contributed by atoms with Crippen LogP contribution in [0.2, 0.25) is 0 Å². The lowest BCUT2D eigenvalue weighted by atomic mass is 10.3. The van der Waals surface area contributed by atoms with Gasteiger partial charge in [0.25, 0.3) is 0 Å². The number of ether oxygens (including phenoxy) is 1. The summed E-state index contributed by atoms with van der Waals surface area (Å²) >= 11 is 1.32. The van der Waals surface area contributed by atoms with Gasteiger partial charge in [-0.1, -0.05) is 30.8 Å². The summed E-state index contributed by atoms with van der Waals surface area (Å²) in [5.41, 5.74) is 0.672. The highest BCUT2D eigenvalue weighted by molar-refractivity contribution is 8.00. The van der Waals surface area contributed by atoms with Gasteiger partial charge in [-0.3, -0.25) is 9.89 Å². The van der Waals surface area contributed by atoms with Gasteiger partial charge in [0.15, 0.2) is 0 Å². The van der Waals surface area contributed by atoms with E-state index in [9.17, 15) is 4.79 Å². The molecule has 118 valence electrons. The first kappa shape index (κ1) is 16.4. The number of amides is 1. The predicted molar refractivity (Wildman–Crippen MR) is 87.3 cm³/mol. The smallest absolute Gasteiger partial charge is 0.237 e. The van der Waals surface area contributed by atoms with E-state index < -0.39 is 0 Å². The molecule has 0 aliphatic heterocycles. The Morgan fingerprint density at radius 2 is 2.18 bits per heavy atom. The molecule has 0 spiro atoms. The molecule has 1 amide bonds. The number of benzene rings is 1. The van der Waals surface area contributed by atoms with Crippen LogP contribution in [-0.2, 0) is 11.2 Å². The van der Waals surface area contributed by atoms with Gasteiger partial charge in [-0.25, -0.2) is 4.98 Å². The Hall–Kier alpha value is -2.02. The van der Waals surface area contributed by atoms with E-state index >= 15 is 0 Å². The number of aromatic amines is 1. The van der Waals surface area contributed by atoms with Crippen LogP contribution in [0.1, 0.15) is 26.6 Å². The molecule has 1 aromatic carbocycles. The molecular weight excluding hydrogens is 300 g/mol. The topological polar surface area (TPSA) is 79.9 Å². The third-order valence-electron chi connectivity index (χ3n) is 2.94. The maximum atomic E-state index is 12.3. The van der Waals surface area contributed by atoms with Crippen LogP contribution in [0.4, 0.5) is 5.69 Å². The molecule has 2 N–H and O–H groups in total. The number of hydrogen-bond donors (Lipinski definition) is 2. The molecule has 0 saturated carbocycles. The van der Waals surface area contributed by atoms with Gasteiger partial charge in [-0.15, -0.1) is 5.10 Å². The molecule has 1 aromatic heterocycles. The van der Waals surface area contributed by atoms with E-state index in [-0.39, 0.29) is 11.2 Å². The van der Waals surface area contributed by atoms with E-state index in [0.29, 0.717) is 23.2 Å². The Kier molecular flexibility index (Phi) is 5.83. The Bertz CT molecular complexity index is 630. The molecule has 0 unspecified atom stereocenters. The zero-order chi connectivity index (χ0) is 15.9. The fourth-order valence-corrected chi connectivity index (χ4v) is 2.53. The highest BCUT2D eigenvalue weighted by atomic mass is 32.2. The van der Waals surface area contributed by atoms with Gasteiger partial charge >= 0.3 is 0 Å². The molecular formula is C15H20N4O2S. The number of para-hydroxylation sites is 2. The van der Waals surface area contributed by atoms with Crippen molar-refractivity contribution in [1.29, 1.82) is 0 Å². The summed E-state index contributed by atoms with van der Waals surface area (Å²) in [7, 11) is 0. The molecule has 0 bridgehead atoms. The van der Waals surface area contributed by atoms with Crippen molar-refractivity contribution in [2.75, 3.05) is 11.9 Å². The van der Waals surface area contributed by atoms with E-state index in [2.05, 4.69) is 20.5 Å². The highest BCUT2D eigenvalue weighted by Crippen LogP contribution is 2.26. The van der Waals surface area contributed by atoms with Crippen LogP contribution in [0.15, 0.2) is 29.4 Å². The van der Waals surface area contributed by atoms with Gasteiger partial charge in [0.1, 0.15) is 11.6 Å². The maximum absolute atomic E-state index is 12.3. The van der Waals surface area contributed by atoms with Crippen molar-refractivity contribution in [3.8, 4) is 5.75 Å². The van der Waals surface area contributed by atoms with Gasteiger partial charge in [0.2, 0.25) is 11.1 Å². The number of carbonyl (C=O) groups excluding carboxylic acids is 1. The number of aryl methyl sites for hydroxylation is 1. The van der Waals surface area contributed by atoms with Crippen molar-refractivity contribution < 1.29 is 9.53 Å². The summed E-state index contributed by atoms with van der Waals surface area (Å²) in [6, 6.07) is 7.39. The second kappa shape index (κ2) is 7.84. The molecule has 0 saturated heterocycles. The Morgan fingerprint density at radius 1 is 1.41 bits per heavy atom. The van der Waals surface area contributed by atoms with Crippen LogP contribution in [0, 0.1) is 0 Å². The zero-order valence-corrected chi connectivity index (χ0v) is 13.7. The number of nitrogens with zero attached hydrogens (tertiary/aromatic N) is 2. The molecule has 0 aliphatic carbocycles. The van der Waals surface area contributed by atoms with E-state index in [1.54, 1.807) is 0 Å². The number of anilines is 1. The van der Waals surface area contributed by atoms with Crippen LogP contribution in [0.25, 0.3) is 0 Å². The number of H-pyrrole nitrogens is 1. The summed E-state index contributed by atoms with van der Waals surface area (Å²) in [4.78, 5) is 16.6. The van der Waals surface area contributed by atoms with Crippen LogP contribution < -0.4 is 10.1 Å². The maximum Gasteiger partial charge on any atom is 0.237 e. The van der Waals surface area contributed by atoms with E-state index in [1.165, 1.54) is 11.8 Å². The second-order valence-electron chi connectivity index (χ2n) is 4.60. The fourth-order valence-electron chi connectivity index (χ4n) is 1.79. The third-order valence-corrected chi connectivity index (χ3v) is 3.90. The zero-order valence-electron chi connectivity index (χ0n) is 12.9. The van der Waals surface area contributed by atoms with Crippen molar-refractivity contribution in [2.24, 2.45) is 0 Å². The Morgan fingerprint density at radius 3 is 2.86 bits per heavy atom. The average molecular weight is 320 g/mol. The van der Waals surface area contributed by atoms with Crippen molar-refractivity contribution in [1.82, 2.24) is 15.2 Å². The summed E-state index contributed by atoms with van der Waals surface area (Å²) in [5, 5.41) is 10.1. The average Bonchev–Trinajstić information content (AvgIpc) is 2.97. The summed E-state index contributed by atoms with van der Waals surface area (Å²) < 4.78 is 5.50. The van der Waals surface area contributed by atoms with E-state index in [0.717, 1.165) is 12.2 Å². The normalized spacial score (nSPS) is 12.0. The minimum atomic E-state index is -0.310. The largest absolute Gasteiger partial charge is 0.492 e. The molecule has 0 fully saturated rings. The van der Waals surface area contributed by atoms with Crippen LogP contribution in [0.3, 0.4) is 0 Å². The van der Waals surface area contributed by atoms with E-state index in [4.69, 9.17) is 4.74 Å². The van der Waals surface area contributed by atoms with Gasteiger partial charge in [-0.05, 0) is 26.0 Å². The first-order valence-electron chi connectivity index (χ1n) is 7.24. The lowest BCUT2D eigenvalue weighted by molar-refractivity contribution is -0.115. The number of hydrogen-bond acceptors (Lipinski definition) is 5. The molecule has 0 radical (unpaired) electrons. The van der Waals surface area contributed by atoms with Gasteiger partial charge in [0.05, 0.1) is 17.5 Å². The first-order valence-corrected chi connectivity index (χ1v) is 8.12. The standard InChI is InChI=1S/C15H20N4O2S/c1-4-13-17-15(19-18-13)22-10(3)14(20)16-11-8-6-7-9-12(11)21-5-2/h6-10H,4-5H2,1-3H3,(H,16,20)(H,17,18,19)/t10-/m1/s1. The molecule has 2 rings (SSSR count). The lowest BCUT2D eigenvalue weighted by Gasteiger charge is -2.13. The van der Waals surface area contributed by atoms with Crippen molar-refractivity contribution in [3.63, 3.8) is 0 Å². The number of nitrogens with one attached hydrogen (secondary N) is 2. The predicted octanol–water partition coefficient (Wildman–Crippen LogP) is 2.89. The second-order valence-corrected chi connectivity index (χ2v) is 5.90. The summed E-state index contributed by atoms with van der Waals surface area (Å²) in [6.45, 7) is 6.28. The summed E-state index contributed by atoms with van der Waals surface area (Å²) in [5.74, 6) is 1.37. The number of rotatable bonds is 7. The van der Waals surface area contributed by atoms with Crippen molar-refractivity contribution in [3.05, 3.63) is 30.1 Å². The lowest BCUT2D eigenvalue weighted by Crippen LogP contribution is -2.22. The first-order chi connectivity index (χ1) is 10.6. The number of thioether (sulfide) groups is 1. The van der Waals surface area contributed by atoms with Crippen LogP contribution >= 0.6 is 11.8 Å². The van der Waals surface area contributed by atoms with Gasteiger partial charge in [-0.2, -0.15) is 0 Å². The van der Waals surface area contributed by atoms with Gasteiger partial charge in [0, 0.05) is 6.42 Å². The fraction of sp³-hybridized carbons (Fsp3) is 0.400. The molecule has 6 nitrogen and oxygen atoms in total. The quantitative estimate of drug-likeness (QED) is 0.767. The molecule has 0 aliphatic rings. The minimum Gasteiger partial charge on any atom is -0.492 e. The molecule has 1 heterocycles. The molecule has 1 atom stereocenters. The van der Waals surface area contributed by atoms with Crippen molar-refractivity contribution >= 4 is 23.4 Å². The van der Waals surface area contributed by atoms with Crippen molar-refractivity contribution in [2.45, 2.75) is 37.6 Å². The Labute approximate surface area is 134 Å². The molecule has 2 aromatic rings. The highest BCUT2D eigenvalue weighted by Gasteiger charge is 2.18.